The van der Waals surface area contributed by atoms with Crippen molar-refractivity contribution in [1.82, 2.24) is 4.90 Å². The first-order valence-corrected chi connectivity index (χ1v) is 6.44. The minimum Gasteiger partial charge on any atom is -0.478 e. The lowest BCUT2D eigenvalue weighted by Crippen LogP contribution is -2.39. The lowest BCUT2D eigenvalue weighted by atomic mass is 10.1. The van der Waals surface area contributed by atoms with Crippen LogP contribution in [0.2, 0.25) is 0 Å². The molecule has 1 aromatic rings. The van der Waals surface area contributed by atoms with Gasteiger partial charge in [0.05, 0.1) is 5.56 Å². The van der Waals surface area contributed by atoms with Gasteiger partial charge in [-0.25, -0.2) is 4.79 Å². The molecule has 1 amide bonds. The van der Waals surface area contributed by atoms with Gasteiger partial charge in [-0.15, -0.1) is 0 Å². The van der Waals surface area contributed by atoms with Gasteiger partial charge in [0, 0.05) is 12.1 Å². The number of carbonyl (C=O) groups is 2. The Labute approximate surface area is 120 Å². The van der Waals surface area contributed by atoms with Crippen LogP contribution in [0.4, 0.5) is 13.2 Å². The van der Waals surface area contributed by atoms with Gasteiger partial charge in [-0.05, 0) is 24.6 Å². The number of carbonyl (C=O) groups excluding carboxylic acids is 1. The van der Waals surface area contributed by atoms with Crippen molar-refractivity contribution in [2.45, 2.75) is 25.9 Å². The van der Waals surface area contributed by atoms with Gasteiger partial charge in [0.15, 0.2) is 0 Å². The van der Waals surface area contributed by atoms with Crippen molar-refractivity contribution < 1.29 is 27.9 Å². The smallest absolute Gasteiger partial charge is 0.406 e. The molecule has 0 atom stereocenters. The van der Waals surface area contributed by atoms with Gasteiger partial charge < -0.3 is 10.0 Å². The van der Waals surface area contributed by atoms with E-state index >= 15 is 0 Å². The number of rotatable bonds is 6. The third-order valence-corrected chi connectivity index (χ3v) is 2.80. The maximum atomic E-state index is 12.5. The highest BCUT2D eigenvalue weighted by atomic mass is 19.4. The molecule has 0 radical (unpaired) electrons. The van der Waals surface area contributed by atoms with Crippen LogP contribution < -0.4 is 0 Å². The molecule has 0 saturated heterocycles. The number of carboxylic acids is 1. The molecule has 0 fully saturated rings. The van der Waals surface area contributed by atoms with E-state index in [1.54, 1.807) is 6.92 Å². The molecule has 0 aliphatic rings. The molecule has 7 heteroatoms. The zero-order valence-electron chi connectivity index (χ0n) is 11.5. The van der Waals surface area contributed by atoms with Crippen LogP contribution in [0.15, 0.2) is 24.3 Å². The van der Waals surface area contributed by atoms with Crippen LogP contribution in [0.25, 0.3) is 0 Å². The molecule has 116 valence electrons. The molecule has 0 aliphatic heterocycles. The summed E-state index contributed by atoms with van der Waals surface area (Å²) in [6, 6.07) is 5.01. The summed E-state index contributed by atoms with van der Waals surface area (Å²) in [5, 5.41) is 8.85. The van der Waals surface area contributed by atoms with E-state index < -0.39 is 24.6 Å². The number of carboxylic acid groups (broad SMARTS) is 1. The maximum absolute atomic E-state index is 12.5. The molecule has 0 bridgehead atoms. The first-order valence-electron chi connectivity index (χ1n) is 6.44. The summed E-state index contributed by atoms with van der Waals surface area (Å²) in [5.41, 5.74) is -0.196. The van der Waals surface area contributed by atoms with E-state index in [0.717, 1.165) is 6.07 Å². The summed E-state index contributed by atoms with van der Waals surface area (Å²) in [4.78, 5) is 23.7. The van der Waals surface area contributed by atoms with Crippen molar-refractivity contribution in [3.05, 3.63) is 35.4 Å². The molecule has 1 rings (SSSR count). The average Bonchev–Trinajstić information content (AvgIpc) is 2.41. The molecule has 0 saturated carbocycles. The molecule has 21 heavy (non-hydrogen) atoms. The number of benzene rings is 1. The van der Waals surface area contributed by atoms with Crippen molar-refractivity contribution in [2.24, 2.45) is 0 Å². The van der Waals surface area contributed by atoms with Crippen LogP contribution in [-0.2, 0) is 0 Å². The van der Waals surface area contributed by atoms with E-state index in [9.17, 15) is 22.8 Å². The Morgan fingerprint density at radius 1 is 1.24 bits per heavy atom. The van der Waals surface area contributed by atoms with Crippen molar-refractivity contribution in [2.75, 3.05) is 13.1 Å². The topological polar surface area (TPSA) is 57.6 Å². The number of hydrogen-bond acceptors (Lipinski definition) is 2. The quantitative estimate of drug-likeness (QED) is 0.878. The van der Waals surface area contributed by atoms with Crippen molar-refractivity contribution in [1.29, 1.82) is 0 Å². The third kappa shape index (κ3) is 5.45. The Hall–Kier alpha value is -2.05. The summed E-state index contributed by atoms with van der Waals surface area (Å²) in [7, 11) is 0. The molecule has 1 N–H and O–H groups in total. The van der Waals surface area contributed by atoms with Gasteiger partial charge >= 0.3 is 12.1 Å². The standard InChI is InChI=1S/C14H16F3NO3/c1-2-3-7-18(9-14(15,16)17)12(19)10-5-4-6-11(8-10)13(20)21/h4-6,8H,2-3,7,9H2,1H3,(H,20,21). The van der Waals surface area contributed by atoms with Gasteiger partial charge in [0.25, 0.3) is 5.91 Å². The Balaban J connectivity index is 2.98. The highest BCUT2D eigenvalue weighted by Gasteiger charge is 2.33. The fraction of sp³-hybridized carbons (Fsp3) is 0.429. The lowest BCUT2D eigenvalue weighted by molar-refractivity contribution is -0.140. The first kappa shape index (κ1) is 17.0. The van der Waals surface area contributed by atoms with Crippen LogP contribution in [0, 0.1) is 0 Å². The number of halogens is 3. The van der Waals surface area contributed by atoms with Gasteiger partial charge in [0.2, 0.25) is 0 Å². The number of unbranched alkanes of at least 4 members (excludes halogenated alkanes) is 1. The highest BCUT2D eigenvalue weighted by molar-refractivity contribution is 5.97. The number of alkyl halides is 3. The summed E-state index contributed by atoms with van der Waals surface area (Å²) < 4.78 is 37.6. The van der Waals surface area contributed by atoms with E-state index in [-0.39, 0.29) is 17.7 Å². The van der Waals surface area contributed by atoms with E-state index in [2.05, 4.69) is 0 Å². The molecule has 1 aromatic carbocycles. The first-order chi connectivity index (χ1) is 9.74. The lowest BCUT2D eigenvalue weighted by Gasteiger charge is -2.24. The Bertz CT molecular complexity index is 514. The van der Waals surface area contributed by atoms with E-state index in [4.69, 9.17) is 5.11 Å². The summed E-state index contributed by atoms with van der Waals surface area (Å²) >= 11 is 0. The van der Waals surface area contributed by atoms with Gasteiger partial charge in [-0.2, -0.15) is 13.2 Å². The third-order valence-electron chi connectivity index (χ3n) is 2.80. The van der Waals surface area contributed by atoms with Crippen LogP contribution in [0.1, 0.15) is 40.5 Å². The molecule has 0 spiro atoms. The van der Waals surface area contributed by atoms with Gasteiger partial charge in [-0.3, -0.25) is 4.79 Å². The summed E-state index contributed by atoms with van der Waals surface area (Å²) in [6.45, 7) is 0.441. The van der Waals surface area contributed by atoms with E-state index in [1.165, 1.54) is 18.2 Å². The highest BCUT2D eigenvalue weighted by Crippen LogP contribution is 2.19. The Morgan fingerprint density at radius 3 is 2.38 bits per heavy atom. The second kappa shape index (κ2) is 7.10. The number of amides is 1. The predicted molar refractivity (Wildman–Crippen MR) is 70.3 cm³/mol. The van der Waals surface area contributed by atoms with Crippen LogP contribution >= 0.6 is 0 Å². The predicted octanol–water partition coefficient (Wildman–Crippen LogP) is 3.19. The average molecular weight is 303 g/mol. The molecule has 0 unspecified atom stereocenters. The van der Waals surface area contributed by atoms with Crippen LogP contribution in [-0.4, -0.2) is 41.1 Å². The monoisotopic (exact) mass is 303 g/mol. The fourth-order valence-corrected chi connectivity index (χ4v) is 1.79. The number of nitrogens with zero attached hydrogens (tertiary/aromatic N) is 1. The SMILES string of the molecule is CCCCN(CC(F)(F)F)C(=O)c1cccc(C(=O)O)c1. The van der Waals surface area contributed by atoms with Crippen molar-refractivity contribution >= 4 is 11.9 Å². The second-order valence-corrected chi connectivity index (χ2v) is 4.58. The Morgan fingerprint density at radius 2 is 1.86 bits per heavy atom. The van der Waals surface area contributed by atoms with E-state index in [0.29, 0.717) is 17.7 Å². The normalized spacial score (nSPS) is 11.2. The number of hydrogen-bond donors (Lipinski definition) is 1. The zero-order valence-corrected chi connectivity index (χ0v) is 11.5. The summed E-state index contributed by atoms with van der Waals surface area (Å²) in [5.74, 6) is -2.05. The zero-order chi connectivity index (χ0) is 16.0. The second-order valence-electron chi connectivity index (χ2n) is 4.58. The van der Waals surface area contributed by atoms with Crippen molar-refractivity contribution in [3.8, 4) is 0 Å². The van der Waals surface area contributed by atoms with Crippen LogP contribution in [0.5, 0.6) is 0 Å². The minimum absolute atomic E-state index is 0.0217. The minimum atomic E-state index is -4.49. The molecule has 4 nitrogen and oxygen atoms in total. The molecule has 0 heterocycles. The largest absolute Gasteiger partial charge is 0.478 e. The van der Waals surface area contributed by atoms with Crippen LogP contribution in [0.3, 0.4) is 0 Å². The number of aromatic carboxylic acids is 1. The Kier molecular flexibility index (Phi) is 5.75. The molecular formula is C14H16F3NO3. The van der Waals surface area contributed by atoms with E-state index in [1.807, 2.05) is 0 Å². The fourth-order valence-electron chi connectivity index (χ4n) is 1.79. The maximum Gasteiger partial charge on any atom is 0.406 e. The molecular weight excluding hydrogens is 287 g/mol. The summed E-state index contributed by atoms with van der Waals surface area (Å²) in [6.07, 6.45) is -3.40. The molecule has 0 aromatic heterocycles. The van der Waals surface area contributed by atoms with Gasteiger partial charge in [0.1, 0.15) is 6.54 Å². The molecule has 0 aliphatic carbocycles. The van der Waals surface area contributed by atoms with Gasteiger partial charge in [-0.1, -0.05) is 19.4 Å². The van der Waals surface area contributed by atoms with Crippen molar-refractivity contribution in [3.63, 3.8) is 0 Å².